The van der Waals surface area contributed by atoms with Gasteiger partial charge in [-0.25, -0.2) is 0 Å². The molecule has 1 N–H and O–H groups in total. The van der Waals surface area contributed by atoms with E-state index >= 15 is 0 Å². The SMILES string of the molecule is Cc1nn(C)c(C)c1CNC1CCOC2(CCCC2)C1. The Labute approximate surface area is 121 Å². The Bertz CT molecular complexity index is 474. The van der Waals surface area contributed by atoms with Gasteiger partial charge in [0.25, 0.3) is 0 Å². The fourth-order valence-corrected chi connectivity index (χ4v) is 3.89. The van der Waals surface area contributed by atoms with Gasteiger partial charge in [0, 0.05) is 37.5 Å². The number of nitrogens with zero attached hydrogens (tertiary/aromatic N) is 2. The molecule has 0 radical (unpaired) electrons. The van der Waals surface area contributed by atoms with E-state index in [4.69, 9.17) is 4.74 Å². The third-order valence-electron chi connectivity index (χ3n) is 5.23. The fourth-order valence-electron chi connectivity index (χ4n) is 3.89. The molecule has 4 nitrogen and oxygen atoms in total. The van der Waals surface area contributed by atoms with Gasteiger partial charge >= 0.3 is 0 Å². The number of ether oxygens (including phenoxy) is 1. The summed E-state index contributed by atoms with van der Waals surface area (Å²) in [5.41, 5.74) is 3.99. The predicted octanol–water partition coefficient (Wildman–Crippen LogP) is 2.62. The quantitative estimate of drug-likeness (QED) is 0.923. The summed E-state index contributed by atoms with van der Waals surface area (Å²) < 4.78 is 8.08. The third kappa shape index (κ3) is 2.63. The maximum absolute atomic E-state index is 6.10. The zero-order valence-corrected chi connectivity index (χ0v) is 13.0. The van der Waals surface area contributed by atoms with Crippen molar-refractivity contribution in [1.82, 2.24) is 15.1 Å². The average Bonchev–Trinajstić information content (AvgIpc) is 2.95. The van der Waals surface area contributed by atoms with E-state index in [0.29, 0.717) is 6.04 Å². The smallest absolute Gasteiger partial charge is 0.0697 e. The Morgan fingerprint density at radius 1 is 1.35 bits per heavy atom. The molecule has 2 fully saturated rings. The Morgan fingerprint density at radius 3 is 2.75 bits per heavy atom. The molecule has 0 amide bonds. The lowest BCUT2D eigenvalue weighted by molar-refractivity contribution is -0.0837. The van der Waals surface area contributed by atoms with Crippen molar-refractivity contribution in [1.29, 1.82) is 0 Å². The zero-order chi connectivity index (χ0) is 14.2. The fraction of sp³-hybridized carbons (Fsp3) is 0.812. The molecular formula is C16H27N3O. The van der Waals surface area contributed by atoms with Crippen molar-refractivity contribution in [3.63, 3.8) is 0 Å². The second-order valence-electron chi connectivity index (χ2n) is 6.58. The Balaban J connectivity index is 1.60. The molecule has 3 rings (SSSR count). The van der Waals surface area contributed by atoms with E-state index < -0.39 is 0 Å². The third-order valence-corrected chi connectivity index (χ3v) is 5.23. The van der Waals surface area contributed by atoms with E-state index in [1.807, 2.05) is 11.7 Å². The molecule has 1 aromatic rings. The normalized spacial score (nSPS) is 25.4. The summed E-state index contributed by atoms with van der Waals surface area (Å²) in [6, 6.07) is 0.598. The van der Waals surface area contributed by atoms with Crippen LogP contribution in [0.2, 0.25) is 0 Å². The standard InChI is InChI=1S/C16H27N3O/c1-12-15(13(2)19(3)18-12)11-17-14-6-9-20-16(10-14)7-4-5-8-16/h14,17H,4-11H2,1-3H3. The summed E-state index contributed by atoms with van der Waals surface area (Å²) in [7, 11) is 2.02. The van der Waals surface area contributed by atoms with Crippen molar-refractivity contribution in [3.05, 3.63) is 17.0 Å². The number of aryl methyl sites for hydroxylation is 2. The van der Waals surface area contributed by atoms with E-state index in [2.05, 4.69) is 24.3 Å². The molecule has 0 aromatic carbocycles. The minimum absolute atomic E-state index is 0.203. The Morgan fingerprint density at radius 2 is 2.10 bits per heavy atom. The number of nitrogens with one attached hydrogen (secondary N) is 1. The maximum atomic E-state index is 6.10. The van der Waals surface area contributed by atoms with Crippen molar-refractivity contribution in [2.75, 3.05) is 6.61 Å². The number of hydrogen-bond donors (Lipinski definition) is 1. The molecule has 2 heterocycles. The highest BCUT2D eigenvalue weighted by molar-refractivity contribution is 5.24. The summed E-state index contributed by atoms with van der Waals surface area (Å²) in [6.45, 7) is 6.11. The predicted molar refractivity (Wildman–Crippen MR) is 79.7 cm³/mol. The summed E-state index contributed by atoms with van der Waals surface area (Å²) in [6.07, 6.45) is 7.53. The highest BCUT2D eigenvalue weighted by Crippen LogP contribution is 2.40. The van der Waals surface area contributed by atoms with Gasteiger partial charge in [0.15, 0.2) is 0 Å². The van der Waals surface area contributed by atoms with Crippen LogP contribution < -0.4 is 5.32 Å². The maximum Gasteiger partial charge on any atom is 0.0697 e. The van der Waals surface area contributed by atoms with Crippen molar-refractivity contribution >= 4 is 0 Å². The average molecular weight is 277 g/mol. The van der Waals surface area contributed by atoms with Gasteiger partial charge in [-0.1, -0.05) is 12.8 Å². The summed E-state index contributed by atoms with van der Waals surface area (Å²) in [5, 5.41) is 8.25. The molecule has 1 saturated carbocycles. The van der Waals surface area contributed by atoms with Gasteiger partial charge in [-0.2, -0.15) is 5.10 Å². The lowest BCUT2D eigenvalue weighted by Crippen LogP contribution is -2.45. The second kappa shape index (κ2) is 5.49. The molecule has 1 aliphatic carbocycles. The second-order valence-corrected chi connectivity index (χ2v) is 6.58. The van der Waals surface area contributed by atoms with Crippen LogP contribution in [0.15, 0.2) is 0 Å². The molecule has 0 bridgehead atoms. The van der Waals surface area contributed by atoms with Crippen molar-refractivity contribution < 1.29 is 4.74 Å². The monoisotopic (exact) mass is 277 g/mol. The molecule has 1 unspecified atom stereocenters. The number of aromatic nitrogens is 2. The van der Waals surface area contributed by atoms with Crippen LogP contribution >= 0.6 is 0 Å². The van der Waals surface area contributed by atoms with Crippen LogP contribution in [0.1, 0.15) is 55.5 Å². The molecular weight excluding hydrogens is 250 g/mol. The van der Waals surface area contributed by atoms with Gasteiger partial charge in [-0.3, -0.25) is 4.68 Å². The van der Waals surface area contributed by atoms with Crippen LogP contribution in [-0.2, 0) is 18.3 Å². The topological polar surface area (TPSA) is 39.1 Å². The largest absolute Gasteiger partial charge is 0.375 e. The van der Waals surface area contributed by atoms with E-state index in [0.717, 1.165) is 25.3 Å². The van der Waals surface area contributed by atoms with Gasteiger partial charge in [-0.15, -0.1) is 0 Å². The Hall–Kier alpha value is -0.870. The highest BCUT2D eigenvalue weighted by atomic mass is 16.5. The van der Waals surface area contributed by atoms with E-state index in [1.165, 1.54) is 43.4 Å². The first kappa shape index (κ1) is 14.1. The lowest BCUT2D eigenvalue weighted by Gasteiger charge is -2.38. The molecule has 1 aromatic heterocycles. The summed E-state index contributed by atoms with van der Waals surface area (Å²) in [5.74, 6) is 0. The van der Waals surface area contributed by atoms with Crippen molar-refractivity contribution in [2.45, 2.75) is 70.6 Å². The zero-order valence-electron chi connectivity index (χ0n) is 13.0. The van der Waals surface area contributed by atoms with Crippen LogP contribution in [0.5, 0.6) is 0 Å². The molecule has 1 saturated heterocycles. The summed E-state index contributed by atoms with van der Waals surface area (Å²) >= 11 is 0. The van der Waals surface area contributed by atoms with Crippen molar-refractivity contribution in [2.24, 2.45) is 7.05 Å². The first-order chi connectivity index (χ1) is 9.60. The van der Waals surface area contributed by atoms with Gasteiger partial charge in [0.1, 0.15) is 0 Å². The van der Waals surface area contributed by atoms with Gasteiger partial charge in [0.2, 0.25) is 0 Å². The lowest BCUT2D eigenvalue weighted by atomic mass is 9.89. The highest BCUT2D eigenvalue weighted by Gasteiger charge is 2.39. The minimum atomic E-state index is 0.203. The van der Waals surface area contributed by atoms with Gasteiger partial charge in [0.05, 0.1) is 11.3 Å². The van der Waals surface area contributed by atoms with Gasteiger partial charge < -0.3 is 10.1 Å². The van der Waals surface area contributed by atoms with Crippen LogP contribution in [0.3, 0.4) is 0 Å². The van der Waals surface area contributed by atoms with E-state index in [9.17, 15) is 0 Å². The molecule has 20 heavy (non-hydrogen) atoms. The van der Waals surface area contributed by atoms with Crippen LogP contribution in [-0.4, -0.2) is 28.0 Å². The van der Waals surface area contributed by atoms with Crippen molar-refractivity contribution in [3.8, 4) is 0 Å². The van der Waals surface area contributed by atoms with Crippen LogP contribution in [0.4, 0.5) is 0 Å². The molecule has 1 spiro atoms. The van der Waals surface area contributed by atoms with E-state index in [1.54, 1.807) is 0 Å². The number of hydrogen-bond acceptors (Lipinski definition) is 3. The first-order valence-corrected chi connectivity index (χ1v) is 7.96. The molecule has 1 aliphatic heterocycles. The molecule has 112 valence electrons. The summed E-state index contributed by atoms with van der Waals surface area (Å²) in [4.78, 5) is 0. The molecule has 4 heteroatoms. The van der Waals surface area contributed by atoms with Crippen LogP contribution in [0.25, 0.3) is 0 Å². The van der Waals surface area contributed by atoms with Gasteiger partial charge in [-0.05, 0) is 39.5 Å². The number of rotatable bonds is 3. The van der Waals surface area contributed by atoms with Crippen LogP contribution in [0, 0.1) is 13.8 Å². The first-order valence-electron chi connectivity index (χ1n) is 7.96. The molecule has 1 atom stereocenters. The molecule has 2 aliphatic rings. The Kier molecular flexibility index (Phi) is 3.87. The van der Waals surface area contributed by atoms with E-state index in [-0.39, 0.29) is 5.60 Å². The minimum Gasteiger partial charge on any atom is -0.375 e.